The Morgan fingerprint density at radius 2 is 2.12 bits per heavy atom. The van der Waals surface area contributed by atoms with Gasteiger partial charge in [0.05, 0.1) is 17.6 Å². The molecule has 88 valence electrons. The standard InChI is InChI=1S/C13H16N4/c1-11(6-5-9-14)13-10-15-16-17(13)12-7-3-2-4-8-12/h2-4,6-8,10H,5,9,14H2,1H3/b11-6-. The minimum absolute atomic E-state index is 0.657. The minimum Gasteiger partial charge on any atom is -0.330 e. The Kier molecular flexibility index (Phi) is 3.67. The van der Waals surface area contributed by atoms with Crippen molar-refractivity contribution in [3.05, 3.63) is 48.3 Å². The van der Waals surface area contributed by atoms with Gasteiger partial charge in [0.15, 0.2) is 0 Å². The van der Waals surface area contributed by atoms with Gasteiger partial charge in [0, 0.05) is 0 Å². The largest absolute Gasteiger partial charge is 0.330 e. The van der Waals surface area contributed by atoms with Crippen molar-refractivity contribution in [2.24, 2.45) is 5.73 Å². The summed E-state index contributed by atoms with van der Waals surface area (Å²) in [5, 5.41) is 8.08. The SMILES string of the molecule is C/C(=C/CCN)c1cnnn1-c1ccccc1. The molecule has 4 heteroatoms. The predicted octanol–water partition coefficient (Wildman–Crippen LogP) is 2.02. The van der Waals surface area contributed by atoms with Crippen LogP contribution in [0.15, 0.2) is 42.6 Å². The van der Waals surface area contributed by atoms with Gasteiger partial charge in [-0.15, -0.1) is 5.10 Å². The number of hydrogen-bond acceptors (Lipinski definition) is 3. The van der Waals surface area contributed by atoms with Crippen LogP contribution in [0.2, 0.25) is 0 Å². The number of allylic oxidation sites excluding steroid dienone is 1. The van der Waals surface area contributed by atoms with E-state index in [0.717, 1.165) is 23.4 Å². The van der Waals surface area contributed by atoms with Crippen molar-refractivity contribution in [3.8, 4) is 5.69 Å². The molecule has 0 aliphatic rings. The molecule has 0 atom stereocenters. The molecule has 0 unspecified atom stereocenters. The first-order chi connectivity index (χ1) is 8.33. The molecule has 0 spiro atoms. The number of para-hydroxylation sites is 1. The number of hydrogen-bond donors (Lipinski definition) is 1. The fourth-order valence-electron chi connectivity index (χ4n) is 1.67. The number of benzene rings is 1. The van der Waals surface area contributed by atoms with Crippen LogP contribution in [0.3, 0.4) is 0 Å². The topological polar surface area (TPSA) is 56.7 Å². The Morgan fingerprint density at radius 1 is 1.35 bits per heavy atom. The van der Waals surface area contributed by atoms with Crippen molar-refractivity contribution in [1.29, 1.82) is 0 Å². The Labute approximate surface area is 101 Å². The van der Waals surface area contributed by atoms with E-state index in [4.69, 9.17) is 5.73 Å². The van der Waals surface area contributed by atoms with E-state index in [2.05, 4.69) is 16.4 Å². The third-order valence-corrected chi connectivity index (χ3v) is 2.57. The second kappa shape index (κ2) is 5.41. The van der Waals surface area contributed by atoms with Gasteiger partial charge in [0.25, 0.3) is 0 Å². The highest BCUT2D eigenvalue weighted by atomic mass is 15.4. The lowest BCUT2D eigenvalue weighted by Crippen LogP contribution is -2.01. The molecule has 0 radical (unpaired) electrons. The summed E-state index contributed by atoms with van der Waals surface area (Å²) in [6.07, 6.45) is 4.75. The summed E-state index contributed by atoms with van der Waals surface area (Å²) in [5.41, 5.74) is 8.66. The molecule has 0 bridgehead atoms. The maximum Gasteiger partial charge on any atom is 0.0897 e. The average Bonchev–Trinajstić information content (AvgIpc) is 2.86. The molecular weight excluding hydrogens is 212 g/mol. The Hall–Kier alpha value is -1.94. The van der Waals surface area contributed by atoms with Crippen LogP contribution in [-0.4, -0.2) is 21.5 Å². The third kappa shape index (κ3) is 2.60. The Bertz CT molecular complexity index is 499. The molecule has 2 aromatic rings. The van der Waals surface area contributed by atoms with E-state index < -0.39 is 0 Å². The van der Waals surface area contributed by atoms with Gasteiger partial charge >= 0.3 is 0 Å². The molecule has 2 N–H and O–H groups in total. The van der Waals surface area contributed by atoms with Crippen molar-refractivity contribution < 1.29 is 0 Å². The van der Waals surface area contributed by atoms with Gasteiger partial charge in [-0.25, -0.2) is 4.68 Å². The summed E-state index contributed by atoms with van der Waals surface area (Å²) in [7, 11) is 0. The van der Waals surface area contributed by atoms with Crippen LogP contribution in [-0.2, 0) is 0 Å². The zero-order valence-electron chi connectivity index (χ0n) is 9.87. The molecule has 1 aromatic carbocycles. The maximum atomic E-state index is 5.50. The molecular formula is C13H16N4. The summed E-state index contributed by atoms with van der Waals surface area (Å²) in [4.78, 5) is 0. The lowest BCUT2D eigenvalue weighted by molar-refractivity contribution is 0.795. The van der Waals surface area contributed by atoms with Crippen LogP contribution in [0.25, 0.3) is 11.3 Å². The van der Waals surface area contributed by atoms with Crippen molar-refractivity contribution in [2.45, 2.75) is 13.3 Å². The van der Waals surface area contributed by atoms with Crippen molar-refractivity contribution in [2.75, 3.05) is 6.54 Å². The van der Waals surface area contributed by atoms with Crippen molar-refractivity contribution in [3.63, 3.8) is 0 Å². The van der Waals surface area contributed by atoms with E-state index in [1.165, 1.54) is 0 Å². The van der Waals surface area contributed by atoms with E-state index in [-0.39, 0.29) is 0 Å². The zero-order chi connectivity index (χ0) is 12.1. The van der Waals surface area contributed by atoms with E-state index in [1.807, 2.05) is 41.9 Å². The average molecular weight is 228 g/mol. The molecule has 0 aliphatic carbocycles. The van der Waals surface area contributed by atoms with Crippen LogP contribution in [0, 0.1) is 0 Å². The summed E-state index contributed by atoms with van der Waals surface area (Å²) >= 11 is 0. The molecule has 0 saturated heterocycles. The van der Waals surface area contributed by atoms with Crippen molar-refractivity contribution >= 4 is 5.57 Å². The van der Waals surface area contributed by atoms with Crippen LogP contribution >= 0.6 is 0 Å². The molecule has 4 nitrogen and oxygen atoms in total. The summed E-state index contributed by atoms with van der Waals surface area (Å²) in [6.45, 7) is 2.71. The summed E-state index contributed by atoms with van der Waals surface area (Å²) in [6, 6.07) is 9.97. The van der Waals surface area contributed by atoms with E-state index in [1.54, 1.807) is 6.20 Å². The third-order valence-electron chi connectivity index (χ3n) is 2.57. The van der Waals surface area contributed by atoms with Gasteiger partial charge in [0.2, 0.25) is 0 Å². The first-order valence-electron chi connectivity index (χ1n) is 5.66. The van der Waals surface area contributed by atoms with Crippen LogP contribution in [0.1, 0.15) is 19.0 Å². The fourth-order valence-corrected chi connectivity index (χ4v) is 1.67. The van der Waals surface area contributed by atoms with Crippen molar-refractivity contribution in [1.82, 2.24) is 15.0 Å². The van der Waals surface area contributed by atoms with Gasteiger partial charge in [-0.05, 0) is 37.6 Å². The zero-order valence-corrected chi connectivity index (χ0v) is 9.87. The molecule has 17 heavy (non-hydrogen) atoms. The Morgan fingerprint density at radius 3 is 2.82 bits per heavy atom. The molecule has 0 saturated carbocycles. The van der Waals surface area contributed by atoms with Crippen LogP contribution in [0.5, 0.6) is 0 Å². The molecule has 2 rings (SSSR count). The summed E-state index contributed by atoms with van der Waals surface area (Å²) < 4.78 is 1.84. The highest BCUT2D eigenvalue weighted by Crippen LogP contribution is 2.16. The lowest BCUT2D eigenvalue weighted by atomic mass is 10.2. The maximum absolute atomic E-state index is 5.50. The predicted molar refractivity (Wildman–Crippen MR) is 68.7 cm³/mol. The highest BCUT2D eigenvalue weighted by Gasteiger charge is 2.06. The Balaban J connectivity index is 2.35. The van der Waals surface area contributed by atoms with Gasteiger partial charge in [-0.1, -0.05) is 29.5 Å². The van der Waals surface area contributed by atoms with Crippen LogP contribution in [0.4, 0.5) is 0 Å². The number of nitrogens with two attached hydrogens (primary N) is 1. The van der Waals surface area contributed by atoms with E-state index >= 15 is 0 Å². The second-order valence-electron chi connectivity index (χ2n) is 3.83. The monoisotopic (exact) mass is 228 g/mol. The minimum atomic E-state index is 0.657. The first kappa shape index (κ1) is 11.5. The van der Waals surface area contributed by atoms with Gasteiger partial charge in [-0.3, -0.25) is 0 Å². The molecule has 0 amide bonds. The molecule has 1 heterocycles. The van der Waals surface area contributed by atoms with E-state index in [0.29, 0.717) is 6.54 Å². The van der Waals surface area contributed by atoms with Gasteiger partial charge in [0.1, 0.15) is 0 Å². The first-order valence-corrected chi connectivity index (χ1v) is 5.66. The summed E-state index contributed by atoms with van der Waals surface area (Å²) in [5.74, 6) is 0. The lowest BCUT2D eigenvalue weighted by Gasteiger charge is -2.06. The normalized spacial score (nSPS) is 11.8. The number of rotatable bonds is 4. The quantitative estimate of drug-likeness (QED) is 0.871. The molecule has 0 fully saturated rings. The smallest absolute Gasteiger partial charge is 0.0897 e. The molecule has 1 aromatic heterocycles. The fraction of sp³-hybridized carbons (Fsp3) is 0.231. The van der Waals surface area contributed by atoms with Gasteiger partial charge in [-0.2, -0.15) is 0 Å². The number of aromatic nitrogens is 3. The van der Waals surface area contributed by atoms with E-state index in [9.17, 15) is 0 Å². The molecule has 0 aliphatic heterocycles. The van der Waals surface area contributed by atoms with Crippen LogP contribution < -0.4 is 5.73 Å². The van der Waals surface area contributed by atoms with Gasteiger partial charge < -0.3 is 5.73 Å². The number of nitrogens with zero attached hydrogens (tertiary/aromatic N) is 3. The highest BCUT2D eigenvalue weighted by molar-refractivity contribution is 5.61. The second-order valence-corrected chi connectivity index (χ2v) is 3.83.